The van der Waals surface area contributed by atoms with Crippen LogP contribution in [-0.2, 0) is 4.79 Å². The van der Waals surface area contributed by atoms with Gasteiger partial charge in [0.2, 0.25) is 5.91 Å². The molecule has 7 nitrogen and oxygen atoms in total. The van der Waals surface area contributed by atoms with E-state index in [4.69, 9.17) is 0 Å². The molecule has 0 aliphatic heterocycles. The zero-order valence-corrected chi connectivity index (χ0v) is 14.3. The SMILES string of the molecule is CCCCN(C)C(=O)/C=C/c1cnc(-c2cccc([N+](=O)[O-])c2)nc1. The van der Waals surface area contributed by atoms with E-state index in [2.05, 4.69) is 16.9 Å². The smallest absolute Gasteiger partial charge is 0.270 e. The van der Waals surface area contributed by atoms with Gasteiger partial charge in [-0.05, 0) is 12.5 Å². The van der Waals surface area contributed by atoms with Gasteiger partial charge in [0.25, 0.3) is 5.69 Å². The molecule has 0 saturated heterocycles. The van der Waals surface area contributed by atoms with E-state index in [1.807, 2.05) is 0 Å². The van der Waals surface area contributed by atoms with Gasteiger partial charge >= 0.3 is 0 Å². The van der Waals surface area contributed by atoms with Gasteiger partial charge in [-0.25, -0.2) is 9.97 Å². The standard InChI is InChI=1S/C18H20N4O3/c1-3-4-10-21(2)17(23)9-8-14-12-19-18(20-13-14)15-6-5-7-16(11-15)22(24)25/h5-9,11-13H,3-4,10H2,1-2H3/b9-8+. The summed E-state index contributed by atoms with van der Waals surface area (Å²) in [5.74, 6) is 0.323. The number of amides is 1. The van der Waals surface area contributed by atoms with Crippen molar-refractivity contribution < 1.29 is 9.72 Å². The first kappa shape index (κ1) is 18.3. The van der Waals surface area contributed by atoms with Gasteiger partial charge in [-0.15, -0.1) is 0 Å². The minimum absolute atomic E-state index is 0.00853. The molecule has 0 atom stereocenters. The second kappa shape index (κ2) is 8.68. The summed E-state index contributed by atoms with van der Waals surface area (Å²) in [4.78, 5) is 32.4. The number of unbranched alkanes of at least 4 members (excludes halogenated alkanes) is 1. The van der Waals surface area contributed by atoms with Crippen LogP contribution in [0.4, 0.5) is 5.69 Å². The third-order valence-corrected chi connectivity index (χ3v) is 3.63. The van der Waals surface area contributed by atoms with Crippen molar-refractivity contribution in [3.05, 3.63) is 58.4 Å². The second-order valence-corrected chi connectivity index (χ2v) is 5.59. The Morgan fingerprint density at radius 3 is 2.68 bits per heavy atom. The van der Waals surface area contributed by atoms with E-state index in [0.717, 1.165) is 19.4 Å². The topological polar surface area (TPSA) is 89.2 Å². The molecule has 1 aromatic heterocycles. The van der Waals surface area contributed by atoms with Crippen LogP contribution < -0.4 is 0 Å². The average molecular weight is 340 g/mol. The zero-order chi connectivity index (χ0) is 18.2. The summed E-state index contributed by atoms with van der Waals surface area (Å²) >= 11 is 0. The summed E-state index contributed by atoms with van der Waals surface area (Å²) in [5, 5.41) is 10.8. The summed E-state index contributed by atoms with van der Waals surface area (Å²) < 4.78 is 0. The van der Waals surface area contributed by atoms with Gasteiger partial charge in [0.1, 0.15) is 0 Å². The molecule has 0 spiro atoms. The number of benzene rings is 1. The number of aromatic nitrogens is 2. The van der Waals surface area contributed by atoms with E-state index in [0.29, 0.717) is 17.0 Å². The molecule has 1 heterocycles. The highest BCUT2D eigenvalue weighted by molar-refractivity contribution is 5.91. The highest BCUT2D eigenvalue weighted by atomic mass is 16.6. The Morgan fingerprint density at radius 2 is 2.04 bits per heavy atom. The first-order chi connectivity index (χ1) is 12.0. The first-order valence-electron chi connectivity index (χ1n) is 8.01. The molecule has 0 bridgehead atoms. The Balaban J connectivity index is 2.07. The molecule has 0 N–H and O–H groups in total. The molecule has 0 fully saturated rings. The lowest BCUT2D eigenvalue weighted by atomic mass is 10.2. The highest BCUT2D eigenvalue weighted by Gasteiger charge is 2.09. The third kappa shape index (κ3) is 5.20. The molecule has 0 aliphatic rings. The van der Waals surface area contributed by atoms with Crippen LogP contribution >= 0.6 is 0 Å². The molecule has 130 valence electrons. The molecule has 7 heteroatoms. The van der Waals surface area contributed by atoms with Crippen molar-refractivity contribution in [2.24, 2.45) is 0 Å². The summed E-state index contributed by atoms with van der Waals surface area (Å²) in [5.41, 5.74) is 1.25. The van der Waals surface area contributed by atoms with Crippen LogP contribution in [0.2, 0.25) is 0 Å². The number of nitrogens with zero attached hydrogens (tertiary/aromatic N) is 4. The van der Waals surface area contributed by atoms with Gasteiger partial charge in [0.05, 0.1) is 4.92 Å². The number of non-ortho nitro benzene ring substituents is 1. The van der Waals surface area contributed by atoms with Crippen LogP contribution in [-0.4, -0.2) is 39.3 Å². The van der Waals surface area contributed by atoms with Crippen LogP contribution in [0, 0.1) is 10.1 Å². The quantitative estimate of drug-likeness (QED) is 0.438. The van der Waals surface area contributed by atoms with E-state index in [-0.39, 0.29) is 11.6 Å². The van der Waals surface area contributed by atoms with E-state index in [1.165, 1.54) is 18.2 Å². The predicted molar refractivity (Wildman–Crippen MR) is 95.7 cm³/mol. The maximum atomic E-state index is 11.9. The molecule has 25 heavy (non-hydrogen) atoms. The summed E-state index contributed by atoms with van der Waals surface area (Å²) in [6.07, 6.45) is 8.31. The molecule has 0 aliphatic carbocycles. The Labute approximate surface area is 146 Å². The molecule has 0 unspecified atom stereocenters. The fraction of sp³-hybridized carbons (Fsp3) is 0.278. The molecule has 2 rings (SSSR count). The molecule has 0 saturated carbocycles. The Kier molecular flexibility index (Phi) is 6.33. The van der Waals surface area contributed by atoms with Gasteiger partial charge in [0, 0.05) is 55.3 Å². The Bertz CT molecular complexity index is 772. The van der Waals surface area contributed by atoms with Crippen molar-refractivity contribution in [3.8, 4) is 11.4 Å². The summed E-state index contributed by atoms with van der Waals surface area (Å²) in [7, 11) is 1.77. The van der Waals surface area contributed by atoms with Gasteiger partial charge in [-0.1, -0.05) is 25.5 Å². The Hall–Kier alpha value is -3.09. The summed E-state index contributed by atoms with van der Waals surface area (Å²) in [6.45, 7) is 2.80. The maximum Gasteiger partial charge on any atom is 0.270 e. The zero-order valence-electron chi connectivity index (χ0n) is 14.3. The second-order valence-electron chi connectivity index (χ2n) is 5.59. The van der Waals surface area contributed by atoms with E-state index in [1.54, 1.807) is 42.6 Å². The normalized spacial score (nSPS) is 10.8. The fourth-order valence-electron chi connectivity index (χ4n) is 2.13. The minimum atomic E-state index is -0.457. The highest BCUT2D eigenvalue weighted by Crippen LogP contribution is 2.20. The van der Waals surface area contributed by atoms with Crippen LogP contribution in [0.1, 0.15) is 25.3 Å². The fourth-order valence-corrected chi connectivity index (χ4v) is 2.13. The van der Waals surface area contributed by atoms with Crippen molar-refractivity contribution in [1.29, 1.82) is 0 Å². The lowest BCUT2D eigenvalue weighted by molar-refractivity contribution is -0.384. The number of carbonyl (C=O) groups is 1. The molecular weight excluding hydrogens is 320 g/mol. The number of nitro benzene ring substituents is 1. The van der Waals surface area contributed by atoms with Crippen molar-refractivity contribution in [2.45, 2.75) is 19.8 Å². The number of nitro groups is 1. The van der Waals surface area contributed by atoms with E-state index < -0.39 is 4.92 Å². The maximum absolute atomic E-state index is 11.9. The van der Waals surface area contributed by atoms with E-state index >= 15 is 0 Å². The lowest BCUT2D eigenvalue weighted by Gasteiger charge is -2.13. The first-order valence-corrected chi connectivity index (χ1v) is 8.01. The minimum Gasteiger partial charge on any atom is -0.342 e. The predicted octanol–water partition coefficient (Wildman–Crippen LogP) is 3.32. The van der Waals surface area contributed by atoms with Gasteiger partial charge in [0.15, 0.2) is 5.82 Å². The van der Waals surface area contributed by atoms with Gasteiger partial charge in [-0.3, -0.25) is 14.9 Å². The number of rotatable bonds is 7. The molecule has 0 radical (unpaired) electrons. The van der Waals surface area contributed by atoms with Crippen molar-refractivity contribution in [3.63, 3.8) is 0 Å². The number of likely N-dealkylation sites (N-methyl/N-ethyl adjacent to an activating group) is 1. The molecular formula is C18H20N4O3. The van der Waals surface area contributed by atoms with Crippen molar-refractivity contribution in [1.82, 2.24) is 14.9 Å². The van der Waals surface area contributed by atoms with Crippen LogP contribution in [0.3, 0.4) is 0 Å². The Morgan fingerprint density at radius 1 is 1.32 bits per heavy atom. The van der Waals surface area contributed by atoms with E-state index in [9.17, 15) is 14.9 Å². The number of hydrogen-bond donors (Lipinski definition) is 0. The lowest BCUT2D eigenvalue weighted by Crippen LogP contribution is -2.25. The largest absolute Gasteiger partial charge is 0.342 e. The third-order valence-electron chi connectivity index (χ3n) is 3.63. The van der Waals surface area contributed by atoms with Gasteiger partial charge in [-0.2, -0.15) is 0 Å². The monoisotopic (exact) mass is 340 g/mol. The average Bonchev–Trinajstić information content (AvgIpc) is 2.64. The number of hydrogen-bond acceptors (Lipinski definition) is 5. The van der Waals surface area contributed by atoms with Crippen molar-refractivity contribution >= 4 is 17.7 Å². The van der Waals surface area contributed by atoms with Crippen LogP contribution in [0.5, 0.6) is 0 Å². The molecule has 2 aromatic rings. The van der Waals surface area contributed by atoms with Crippen molar-refractivity contribution in [2.75, 3.05) is 13.6 Å². The molecule has 1 amide bonds. The van der Waals surface area contributed by atoms with Gasteiger partial charge < -0.3 is 4.90 Å². The van der Waals surface area contributed by atoms with Crippen LogP contribution in [0.15, 0.2) is 42.7 Å². The van der Waals surface area contributed by atoms with Crippen LogP contribution in [0.25, 0.3) is 17.5 Å². The molecule has 1 aromatic carbocycles. The summed E-state index contributed by atoms with van der Waals surface area (Å²) in [6, 6.07) is 6.15. The number of carbonyl (C=O) groups excluding carboxylic acids is 1.